The molecule has 1 N–H and O–H groups in total. The minimum Gasteiger partial charge on any atom is -0.335 e. The standard InChI is InChI=1S/C11H18N2O/c1-9-10(5-4-6-12-9)11(14)13-7-2-3-8-13/h2-3,9-10,12H,4-8H2,1H3. The zero-order valence-electron chi connectivity index (χ0n) is 8.70. The van der Waals surface area contributed by atoms with Gasteiger partial charge in [-0.1, -0.05) is 12.2 Å². The highest BCUT2D eigenvalue weighted by Gasteiger charge is 2.30. The lowest BCUT2D eigenvalue weighted by molar-refractivity contribution is -0.135. The summed E-state index contributed by atoms with van der Waals surface area (Å²) in [5.74, 6) is 0.526. The zero-order chi connectivity index (χ0) is 9.97. The van der Waals surface area contributed by atoms with Crippen LogP contribution in [0.15, 0.2) is 12.2 Å². The quantitative estimate of drug-likeness (QED) is 0.625. The number of carbonyl (C=O) groups is 1. The van der Waals surface area contributed by atoms with Gasteiger partial charge in [-0.15, -0.1) is 0 Å². The number of nitrogens with one attached hydrogen (secondary N) is 1. The van der Waals surface area contributed by atoms with Crippen molar-refractivity contribution >= 4 is 5.91 Å². The van der Waals surface area contributed by atoms with E-state index in [1.807, 2.05) is 4.90 Å². The molecule has 1 amide bonds. The van der Waals surface area contributed by atoms with Crippen molar-refractivity contribution < 1.29 is 4.79 Å². The van der Waals surface area contributed by atoms with Gasteiger partial charge in [-0.3, -0.25) is 4.79 Å². The average Bonchev–Trinajstić information content (AvgIpc) is 2.70. The van der Waals surface area contributed by atoms with Gasteiger partial charge in [0.15, 0.2) is 0 Å². The second kappa shape index (κ2) is 4.13. The van der Waals surface area contributed by atoms with Gasteiger partial charge in [-0.2, -0.15) is 0 Å². The molecule has 2 unspecified atom stereocenters. The minimum atomic E-state index is 0.198. The van der Waals surface area contributed by atoms with Crippen LogP contribution < -0.4 is 5.32 Å². The number of hydrogen-bond donors (Lipinski definition) is 1. The molecule has 1 fully saturated rings. The van der Waals surface area contributed by atoms with Crippen LogP contribution >= 0.6 is 0 Å². The van der Waals surface area contributed by atoms with Crippen molar-refractivity contribution in [1.29, 1.82) is 0 Å². The summed E-state index contributed by atoms with van der Waals surface area (Å²) < 4.78 is 0. The summed E-state index contributed by atoms with van der Waals surface area (Å²) in [6.45, 7) is 4.79. The molecule has 0 saturated carbocycles. The molecule has 0 aliphatic carbocycles. The van der Waals surface area contributed by atoms with Crippen molar-refractivity contribution in [2.24, 2.45) is 5.92 Å². The number of carbonyl (C=O) groups excluding carboxylic acids is 1. The van der Waals surface area contributed by atoms with Gasteiger partial charge in [0, 0.05) is 19.1 Å². The second-order valence-corrected chi connectivity index (χ2v) is 4.21. The van der Waals surface area contributed by atoms with E-state index in [1.54, 1.807) is 0 Å². The lowest BCUT2D eigenvalue weighted by atomic mass is 9.91. The molecule has 1 saturated heterocycles. The fourth-order valence-corrected chi connectivity index (χ4v) is 2.27. The molecule has 14 heavy (non-hydrogen) atoms. The first-order chi connectivity index (χ1) is 6.79. The maximum atomic E-state index is 12.1. The number of amides is 1. The molecular weight excluding hydrogens is 176 g/mol. The normalized spacial score (nSPS) is 32.2. The molecule has 3 heteroatoms. The molecule has 0 aromatic rings. The average molecular weight is 194 g/mol. The first kappa shape index (κ1) is 9.71. The fourth-order valence-electron chi connectivity index (χ4n) is 2.27. The third-order valence-corrected chi connectivity index (χ3v) is 3.21. The highest BCUT2D eigenvalue weighted by atomic mass is 16.2. The van der Waals surface area contributed by atoms with Gasteiger partial charge in [-0.05, 0) is 26.3 Å². The summed E-state index contributed by atoms with van der Waals surface area (Å²) in [6, 6.07) is 0.344. The van der Waals surface area contributed by atoms with E-state index < -0.39 is 0 Å². The van der Waals surface area contributed by atoms with Crippen molar-refractivity contribution in [3.63, 3.8) is 0 Å². The maximum absolute atomic E-state index is 12.1. The van der Waals surface area contributed by atoms with Gasteiger partial charge in [0.25, 0.3) is 0 Å². The van der Waals surface area contributed by atoms with E-state index in [1.165, 1.54) is 0 Å². The van der Waals surface area contributed by atoms with E-state index in [4.69, 9.17) is 0 Å². The maximum Gasteiger partial charge on any atom is 0.227 e. The van der Waals surface area contributed by atoms with Crippen molar-refractivity contribution in [2.75, 3.05) is 19.6 Å². The van der Waals surface area contributed by atoms with Crippen LogP contribution in [-0.2, 0) is 4.79 Å². The smallest absolute Gasteiger partial charge is 0.227 e. The van der Waals surface area contributed by atoms with Crippen LogP contribution in [0.25, 0.3) is 0 Å². The van der Waals surface area contributed by atoms with E-state index in [0.29, 0.717) is 11.9 Å². The Balaban J connectivity index is 1.95. The van der Waals surface area contributed by atoms with Crippen LogP contribution in [0.3, 0.4) is 0 Å². The molecule has 78 valence electrons. The van der Waals surface area contributed by atoms with Crippen molar-refractivity contribution in [1.82, 2.24) is 10.2 Å². The molecular formula is C11H18N2O. The Morgan fingerprint density at radius 3 is 2.79 bits per heavy atom. The zero-order valence-corrected chi connectivity index (χ0v) is 8.70. The van der Waals surface area contributed by atoms with E-state index in [9.17, 15) is 4.79 Å². The summed E-state index contributed by atoms with van der Waals surface area (Å²) in [7, 11) is 0. The van der Waals surface area contributed by atoms with Gasteiger partial charge in [0.05, 0.1) is 5.92 Å². The molecule has 2 atom stereocenters. The fraction of sp³-hybridized carbons (Fsp3) is 0.727. The third kappa shape index (κ3) is 1.82. The minimum absolute atomic E-state index is 0.198. The number of hydrogen-bond acceptors (Lipinski definition) is 2. The number of nitrogens with zero attached hydrogens (tertiary/aromatic N) is 1. The Hall–Kier alpha value is -0.830. The second-order valence-electron chi connectivity index (χ2n) is 4.21. The van der Waals surface area contributed by atoms with Gasteiger partial charge in [-0.25, -0.2) is 0 Å². The molecule has 3 nitrogen and oxygen atoms in total. The predicted molar refractivity (Wildman–Crippen MR) is 55.9 cm³/mol. The highest BCUT2D eigenvalue weighted by Crippen LogP contribution is 2.19. The topological polar surface area (TPSA) is 32.3 Å². The Morgan fingerprint density at radius 1 is 1.43 bits per heavy atom. The summed E-state index contributed by atoms with van der Waals surface area (Å²) in [4.78, 5) is 14.0. The van der Waals surface area contributed by atoms with E-state index in [-0.39, 0.29) is 5.92 Å². The molecule has 0 aromatic carbocycles. The summed E-state index contributed by atoms with van der Waals surface area (Å²) in [5, 5.41) is 3.37. The molecule has 2 aliphatic heterocycles. The highest BCUT2D eigenvalue weighted by molar-refractivity contribution is 5.80. The van der Waals surface area contributed by atoms with Crippen LogP contribution in [0.5, 0.6) is 0 Å². The summed E-state index contributed by atoms with van der Waals surface area (Å²) in [5.41, 5.74) is 0. The predicted octanol–water partition coefficient (Wildman–Crippen LogP) is 0.773. The van der Waals surface area contributed by atoms with Gasteiger partial charge in [0.2, 0.25) is 5.91 Å². The van der Waals surface area contributed by atoms with Gasteiger partial charge >= 0.3 is 0 Å². The van der Waals surface area contributed by atoms with E-state index in [2.05, 4.69) is 24.4 Å². The summed E-state index contributed by atoms with van der Waals surface area (Å²) in [6.07, 6.45) is 6.31. The SMILES string of the molecule is CC1NCCCC1C(=O)N1CC=CC1. The first-order valence-electron chi connectivity index (χ1n) is 5.46. The Morgan fingerprint density at radius 2 is 2.14 bits per heavy atom. The molecule has 2 aliphatic rings. The Kier molecular flexibility index (Phi) is 2.87. The van der Waals surface area contributed by atoms with Crippen LogP contribution in [0.4, 0.5) is 0 Å². The molecule has 2 rings (SSSR count). The Bertz CT molecular complexity index is 242. The molecule has 0 bridgehead atoms. The van der Waals surface area contributed by atoms with Gasteiger partial charge in [0.1, 0.15) is 0 Å². The molecule has 0 aromatic heterocycles. The molecule has 2 heterocycles. The van der Waals surface area contributed by atoms with E-state index >= 15 is 0 Å². The number of piperidine rings is 1. The first-order valence-corrected chi connectivity index (χ1v) is 5.46. The summed E-state index contributed by atoms with van der Waals surface area (Å²) >= 11 is 0. The van der Waals surface area contributed by atoms with Crippen molar-refractivity contribution in [3.05, 3.63) is 12.2 Å². The monoisotopic (exact) mass is 194 g/mol. The Labute approximate surface area is 85.2 Å². The van der Waals surface area contributed by atoms with E-state index in [0.717, 1.165) is 32.5 Å². The number of rotatable bonds is 1. The van der Waals surface area contributed by atoms with Crippen LogP contribution in [-0.4, -0.2) is 36.5 Å². The van der Waals surface area contributed by atoms with Crippen molar-refractivity contribution in [2.45, 2.75) is 25.8 Å². The lowest BCUT2D eigenvalue weighted by Gasteiger charge is -2.31. The van der Waals surface area contributed by atoms with Crippen LogP contribution in [0.2, 0.25) is 0 Å². The molecule has 0 radical (unpaired) electrons. The van der Waals surface area contributed by atoms with Crippen LogP contribution in [0, 0.1) is 5.92 Å². The third-order valence-electron chi connectivity index (χ3n) is 3.21. The van der Waals surface area contributed by atoms with Crippen LogP contribution in [0.1, 0.15) is 19.8 Å². The largest absolute Gasteiger partial charge is 0.335 e. The van der Waals surface area contributed by atoms with Crippen molar-refractivity contribution in [3.8, 4) is 0 Å². The molecule has 0 spiro atoms. The van der Waals surface area contributed by atoms with Gasteiger partial charge < -0.3 is 10.2 Å². The lowest BCUT2D eigenvalue weighted by Crippen LogP contribution is -2.47.